The lowest BCUT2D eigenvalue weighted by molar-refractivity contribution is -0.127. The third-order valence-corrected chi connectivity index (χ3v) is 4.62. The monoisotopic (exact) mass is 385 g/mol. The van der Waals surface area contributed by atoms with Crippen LogP contribution in [-0.4, -0.2) is 32.8 Å². The van der Waals surface area contributed by atoms with Crippen molar-refractivity contribution in [1.82, 2.24) is 5.32 Å². The Hall–Kier alpha value is -2.69. The van der Waals surface area contributed by atoms with E-state index in [-0.39, 0.29) is 5.91 Å². The summed E-state index contributed by atoms with van der Waals surface area (Å²) in [7, 11) is 3.22. The van der Waals surface area contributed by atoms with Gasteiger partial charge in [-0.1, -0.05) is 32.0 Å². The summed E-state index contributed by atoms with van der Waals surface area (Å²) in [6.07, 6.45) is 0.130. The Morgan fingerprint density at radius 2 is 1.68 bits per heavy atom. The third-order valence-electron chi connectivity index (χ3n) is 4.62. The highest BCUT2D eigenvalue weighted by atomic mass is 16.5. The summed E-state index contributed by atoms with van der Waals surface area (Å²) in [5.41, 5.74) is 3.28. The maximum absolute atomic E-state index is 12.4. The van der Waals surface area contributed by atoms with Gasteiger partial charge in [0.1, 0.15) is 5.75 Å². The molecule has 2 rings (SSSR count). The summed E-state index contributed by atoms with van der Waals surface area (Å²) in [5.74, 6) is 2.35. The smallest absolute Gasteiger partial charge is 0.260 e. The maximum Gasteiger partial charge on any atom is 0.260 e. The van der Waals surface area contributed by atoms with Gasteiger partial charge in [0.25, 0.3) is 5.91 Å². The minimum Gasteiger partial charge on any atom is -0.493 e. The molecule has 0 bridgehead atoms. The predicted molar refractivity (Wildman–Crippen MR) is 112 cm³/mol. The Balaban J connectivity index is 1.92. The van der Waals surface area contributed by atoms with Crippen LogP contribution in [0.5, 0.6) is 17.2 Å². The molecule has 0 heterocycles. The fourth-order valence-corrected chi connectivity index (χ4v) is 2.97. The first kappa shape index (κ1) is 21.6. The zero-order valence-corrected chi connectivity index (χ0v) is 17.7. The third kappa shape index (κ3) is 5.65. The second kappa shape index (κ2) is 10.0. The topological polar surface area (TPSA) is 56.8 Å². The average molecular weight is 386 g/mol. The summed E-state index contributed by atoms with van der Waals surface area (Å²) >= 11 is 0. The van der Waals surface area contributed by atoms with Crippen molar-refractivity contribution in [1.29, 1.82) is 0 Å². The molecule has 5 nitrogen and oxygen atoms in total. The van der Waals surface area contributed by atoms with Crippen molar-refractivity contribution in [2.24, 2.45) is 0 Å². The molecule has 0 saturated carbocycles. The molecule has 0 radical (unpaired) electrons. The van der Waals surface area contributed by atoms with Crippen molar-refractivity contribution in [3.05, 3.63) is 53.1 Å². The van der Waals surface area contributed by atoms with Crippen LogP contribution in [0.25, 0.3) is 0 Å². The van der Waals surface area contributed by atoms with Gasteiger partial charge in [0.05, 0.1) is 14.2 Å². The van der Waals surface area contributed by atoms with E-state index in [2.05, 4.69) is 31.3 Å². The van der Waals surface area contributed by atoms with Crippen molar-refractivity contribution < 1.29 is 19.0 Å². The van der Waals surface area contributed by atoms with Crippen molar-refractivity contribution in [3.63, 3.8) is 0 Å². The lowest BCUT2D eigenvalue weighted by Crippen LogP contribution is -2.37. The first-order chi connectivity index (χ1) is 13.3. The number of aryl methyl sites for hydroxylation is 1. The molecule has 1 unspecified atom stereocenters. The number of rotatable bonds is 9. The fraction of sp³-hybridized carbons (Fsp3) is 0.435. The minimum absolute atomic E-state index is 0.128. The number of benzene rings is 2. The first-order valence-corrected chi connectivity index (χ1v) is 9.61. The van der Waals surface area contributed by atoms with Crippen LogP contribution in [-0.2, 0) is 11.2 Å². The molecule has 0 spiro atoms. The molecule has 0 aromatic heterocycles. The van der Waals surface area contributed by atoms with Gasteiger partial charge in [-0.2, -0.15) is 0 Å². The summed E-state index contributed by atoms with van der Waals surface area (Å²) in [6.45, 7) is 8.55. The van der Waals surface area contributed by atoms with Crippen LogP contribution >= 0.6 is 0 Å². The van der Waals surface area contributed by atoms with E-state index >= 15 is 0 Å². The molecule has 0 saturated heterocycles. The van der Waals surface area contributed by atoms with Crippen molar-refractivity contribution in [2.45, 2.75) is 46.1 Å². The quantitative estimate of drug-likeness (QED) is 0.701. The molecule has 0 aliphatic rings. The molecule has 5 heteroatoms. The number of ether oxygens (including phenoxy) is 3. The van der Waals surface area contributed by atoms with Gasteiger partial charge in [0.2, 0.25) is 0 Å². The van der Waals surface area contributed by atoms with Crippen molar-refractivity contribution >= 4 is 5.91 Å². The number of carbonyl (C=O) groups excluding carboxylic acids is 1. The Labute approximate surface area is 168 Å². The molecule has 1 N–H and O–H groups in total. The Morgan fingerprint density at radius 1 is 0.964 bits per heavy atom. The van der Waals surface area contributed by atoms with E-state index in [0.717, 1.165) is 22.4 Å². The van der Waals surface area contributed by atoms with E-state index in [1.807, 2.05) is 31.2 Å². The molecule has 2 aromatic carbocycles. The molecular formula is C23H31NO4. The first-order valence-electron chi connectivity index (χ1n) is 9.61. The highest BCUT2D eigenvalue weighted by molar-refractivity contribution is 5.80. The number of methoxy groups -OCH3 is 2. The van der Waals surface area contributed by atoms with E-state index in [1.165, 1.54) is 0 Å². The van der Waals surface area contributed by atoms with E-state index in [1.54, 1.807) is 21.1 Å². The van der Waals surface area contributed by atoms with E-state index < -0.39 is 6.10 Å². The summed E-state index contributed by atoms with van der Waals surface area (Å²) < 4.78 is 16.5. The van der Waals surface area contributed by atoms with Gasteiger partial charge in [-0.3, -0.25) is 4.79 Å². The Kier molecular flexibility index (Phi) is 7.73. The van der Waals surface area contributed by atoms with E-state index in [9.17, 15) is 4.79 Å². The van der Waals surface area contributed by atoms with E-state index in [4.69, 9.17) is 14.2 Å². The molecule has 1 amide bonds. The van der Waals surface area contributed by atoms with Gasteiger partial charge in [0, 0.05) is 6.54 Å². The van der Waals surface area contributed by atoms with Crippen LogP contribution in [0, 0.1) is 6.92 Å². The fourth-order valence-electron chi connectivity index (χ4n) is 2.97. The minimum atomic E-state index is -0.565. The van der Waals surface area contributed by atoms with Crippen LogP contribution in [0.15, 0.2) is 36.4 Å². The van der Waals surface area contributed by atoms with Crippen molar-refractivity contribution in [3.8, 4) is 17.2 Å². The van der Waals surface area contributed by atoms with Crippen LogP contribution in [0.4, 0.5) is 0 Å². The molecule has 28 heavy (non-hydrogen) atoms. The molecule has 0 fully saturated rings. The van der Waals surface area contributed by atoms with Crippen LogP contribution < -0.4 is 19.5 Å². The number of nitrogens with one attached hydrogen (secondary N) is 1. The molecular weight excluding hydrogens is 354 g/mol. The zero-order valence-electron chi connectivity index (χ0n) is 17.7. The zero-order chi connectivity index (χ0) is 20.7. The molecule has 1 atom stereocenters. The second-order valence-corrected chi connectivity index (χ2v) is 7.19. The second-order valence-electron chi connectivity index (χ2n) is 7.19. The van der Waals surface area contributed by atoms with Crippen LogP contribution in [0.2, 0.25) is 0 Å². The number of hydrogen-bond donors (Lipinski definition) is 1. The maximum atomic E-state index is 12.4. The summed E-state index contributed by atoms with van der Waals surface area (Å²) in [6, 6.07) is 11.9. The SMILES string of the molecule is COc1ccc(CCNC(=O)C(C)Oc2cc(C)ccc2C(C)C)cc1OC. The summed E-state index contributed by atoms with van der Waals surface area (Å²) in [5, 5.41) is 2.94. The van der Waals surface area contributed by atoms with Gasteiger partial charge >= 0.3 is 0 Å². The van der Waals surface area contributed by atoms with Crippen molar-refractivity contribution in [2.75, 3.05) is 20.8 Å². The Morgan fingerprint density at radius 3 is 2.32 bits per heavy atom. The number of hydrogen-bond acceptors (Lipinski definition) is 4. The normalized spacial score (nSPS) is 11.8. The lowest BCUT2D eigenvalue weighted by Gasteiger charge is -2.19. The summed E-state index contributed by atoms with van der Waals surface area (Å²) in [4.78, 5) is 12.4. The standard InChI is InChI=1S/C23H31NO4/c1-15(2)19-9-7-16(3)13-21(19)28-17(4)23(25)24-12-11-18-8-10-20(26-5)22(14-18)27-6/h7-10,13-15,17H,11-12H2,1-6H3,(H,24,25). The van der Waals surface area contributed by atoms with Gasteiger partial charge < -0.3 is 19.5 Å². The highest BCUT2D eigenvalue weighted by Gasteiger charge is 2.17. The largest absolute Gasteiger partial charge is 0.493 e. The van der Waals surface area contributed by atoms with Gasteiger partial charge in [-0.05, 0) is 61.1 Å². The van der Waals surface area contributed by atoms with Crippen LogP contribution in [0.1, 0.15) is 43.4 Å². The molecule has 152 valence electrons. The number of amides is 1. The van der Waals surface area contributed by atoms with Gasteiger partial charge in [-0.25, -0.2) is 0 Å². The molecule has 2 aromatic rings. The molecule has 0 aliphatic heterocycles. The highest BCUT2D eigenvalue weighted by Crippen LogP contribution is 2.29. The Bertz CT molecular complexity index is 801. The predicted octanol–water partition coefficient (Wildman–Crippen LogP) is 4.26. The van der Waals surface area contributed by atoms with E-state index in [0.29, 0.717) is 30.4 Å². The lowest BCUT2D eigenvalue weighted by atomic mass is 10.0. The van der Waals surface area contributed by atoms with Gasteiger partial charge in [0.15, 0.2) is 17.6 Å². The van der Waals surface area contributed by atoms with Gasteiger partial charge in [-0.15, -0.1) is 0 Å². The van der Waals surface area contributed by atoms with Crippen LogP contribution in [0.3, 0.4) is 0 Å². The number of carbonyl (C=O) groups is 1. The average Bonchev–Trinajstić information content (AvgIpc) is 2.67. The molecule has 0 aliphatic carbocycles.